The third kappa shape index (κ3) is 7.86. The first-order valence-electron chi connectivity index (χ1n) is 18.5. The zero-order valence-corrected chi connectivity index (χ0v) is 30.2. The fourth-order valence-corrected chi connectivity index (χ4v) is 7.50. The Morgan fingerprint density at radius 3 is 0.982 bits per heavy atom. The number of ether oxygens (including phenoxy) is 8. The van der Waals surface area contributed by atoms with Gasteiger partial charge in [0.15, 0.2) is 11.6 Å². The van der Waals surface area contributed by atoms with Gasteiger partial charge in [0.25, 0.3) is 11.6 Å². The zero-order chi connectivity index (χ0) is 39.6. The van der Waals surface area contributed by atoms with Crippen molar-refractivity contribution in [3.63, 3.8) is 0 Å². The summed E-state index contributed by atoms with van der Waals surface area (Å²) in [7, 11) is 0. The van der Waals surface area contributed by atoms with Gasteiger partial charge in [0.2, 0.25) is 0 Å². The van der Waals surface area contributed by atoms with Crippen molar-refractivity contribution in [3.8, 4) is 0 Å². The van der Waals surface area contributed by atoms with E-state index in [2.05, 4.69) is 0 Å². The summed E-state index contributed by atoms with van der Waals surface area (Å²) in [6, 6.07) is 0. The summed E-state index contributed by atoms with van der Waals surface area (Å²) in [6.07, 6.45) is 19.1. The number of carbonyl (C=O) groups excluding carboxylic acids is 6. The molecule has 0 radical (unpaired) electrons. The molecule has 0 N–H and O–H groups in total. The predicted octanol–water partition coefficient (Wildman–Crippen LogP) is 2.84. The van der Waals surface area contributed by atoms with E-state index in [1.54, 1.807) is 0 Å². The molecular formula is C40H38O16-2. The average Bonchev–Trinajstić information content (AvgIpc) is 3.14. The van der Waals surface area contributed by atoms with E-state index in [1.807, 2.05) is 0 Å². The van der Waals surface area contributed by atoms with E-state index in [9.17, 15) is 39.0 Å². The summed E-state index contributed by atoms with van der Waals surface area (Å²) < 4.78 is 43.8. The highest BCUT2D eigenvalue weighted by molar-refractivity contribution is 6.16. The molecule has 0 aromatic rings. The van der Waals surface area contributed by atoms with Gasteiger partial charge >= 0.3 is 35.8 Å². The molecule has 5 fully saturated rings. The molecular weight excluding hydrogens is 736 g/mol. The van der Waals surface area contributed by atoms with Crippen molar-refractivity contribution < 1.29 is 76.9 Å². The number of allylic oxidation sites excluding steroid dienone is 8. The topological polar surface area (TPSA) is 222 Å². The summed E-state index contributed by atoms with van der Waals surface area (Å²) in [5, 5.41) is 25.7. The van der Waals surface area contributed by atoms with Crippen LogP contribution in [-0.4, -0.2) is 59.0 Å². The van der Waals surface area contributed by atoms with Crippen molar-refractivity contribution in [1.82, 2.24) is 0 Å². The zero-order valence-electron chi connectivity index (χ0n) is 30.2. The van der Waals surface area contributed by atoms with E-state index in [1.165, 1.54) is 48.6 Å². The van der Waals surface area contributed by atoms with Crippen LogP contribution < -0.4 is 10.2 Å². The predicted molar refractivity (Wildman–Crippen MR) is 181 cm³/mol. The summed E-state index contributed by atoms with van der Waals surface area (Å²) in [5.41, 5.74) is -1.41. The van der Waals surface area contributed by atoms with Gasteiger partial charge in [-0.2, -0.15) is 0 Å². The molecule has 56 heavy (non-hydrogen) atoms. The first kappa shape index (κ1) is 38.2. The van der Waals surface area contributed by atoms with Gasteiger partial charge in [-0.25, -0.2) is 28.8 Å². The molecule has 0 aromatic carbocycles. The summed E-state index contributed by atoms with van der Waals surface area (Å²) in [6.45, 7) is 0. The average molecular weight is 775 g/mol. The molecule has 0 atom stereocenters. The van der Waals surface area contributed by atoms with E-state index in [0.29, 0.717) is 25.7 Å². The van der Waals surface area contributed by atoms with Crippen LogP contribution in [0.15, 0.2) is 94.9 Å². The second kappa shape index (κ2) is 15.2. The van der Waals surface area contributed by atoms with Crippen molar-refractivity contribution in [3.05, 3.63) is 94.9 Å². The van der Waals surface area contributed by atoms with Crippen LogP contribution in [0.2, 0.25) is 0 Å². The Bertz CT molecular complexity index is 1760. The molecule has 4 aliphatic heterocycles. The van der Waals surface area contributed by atoms with Gasteiger partial charge in [-0.1, -0.05) is 49.3 Å². The number of hydrogen-bond acceptors (Lipinski definition) is 16. The second-order valence-electron chi connectivity index (χ2n) is 14.4. The van der Waals surface area contributed by atoms with Crippen LogP contribution in [0.1, 0.15) is 89.9 Å². The fourth-order valence-electron chi connectivity index (χ4n) is 7.50. The van der Waals surface area contributed by atoms with Crippen molar-refractivity contribution in [2.45, 2.75) is 113 Å². The monoisotopic (exact) mass is 774 g/mol. The van der Waals surface area contributed by atoms with Crippen molar-refractivity contribution in [2.75, 3.05) is 0 Å². The quantitative estimate of drug-likeness (QED) is 0.124. The normalized spacial score (nSPS) is 25.7. The molecule has 0 unspecified atom stereocenters. The highest BCUT2D eigenvalue weighted by Crippen LogP contribution is 2.46. The van der Waals surface area contributed by atoms with Crippen LogP contribution in [0.5, 0.6) is 0 Å². The number of rotatable bonds is 6. The molecule has 0 bridgehead atoms. The molecule has 0 aromatic heterocycles. The highest BCUT2D eigenvalue weighted by Gasteiger charge is 2.49. The van der Waals surface area contributed by atoms with Gasteiger partial charge in [0, 0.05) is 51.4 Å². The molecule has 4 spiro atoms. The molecule has 16 nitrogen and oxygen atoms in total. The molecule has 2 saturated heterocycles. The lowest BCUT2D eigenvalue weighted by atomic mass is 9.87. The lowest BCUT2D eigenvalue weighted by Gasteiger charge is -2.53. The summed E-state index contributed by atoms with van der Waals surface area (Å²) in [4.78, 5) is 75.6. The Morgan fingerprint density at radius 2 is 0.661 bits per heavy atom. The van der Waals surface area contributed by atoms with Crippen LogP contribution in [0.4, 0.5) is 0 Å². The van der Waals surface area contributed by atoms with Gasteiger partial charge in [0.1, 0.15) is 11.1 Å². The van der Waals surface area contributed by atoms with Crippen molar-refractivity contribution in [2.24, 2.45) is 0 Å². The minimum atomic E-state index is -1.68. The first-order valence-corrected chi connectivity index (χ1v) is 18.5. The van der Waals surface area contributed by atoms with Crippen LogP contribution in [0, 0.1) is 0 Å². The third-order valence-corrected chi connectivity index (χ3v) is 10.5. The number of esters is 6. The Kier molecular flexibility index (Phi) is 10.4. The second-order valence-corrected chi connectivity index (χ2v) is 14.4. The molecule has 3 saturated carbocycles. The lowest BCUT2D eigenvalue weighted by Crippen LogP contribution is -2.54. The van der Waals surface area contributed by atoms with E-state index in [-0.39, 0.29) is 36.8 Å². The van der Waals surface area contributed by atoms with Gasteiger partial charge in [-0.05, 0) is 50.0 Å². The Balaban J connectivity index is 0.912. The molecule has 3 aliphatic carbocycles. The van der Waals surface area contributed by atoms with Crippen LogP contribution in [0.25, 0.3) is 0 Å². The van der Waals surface area contributed by atoms with Gasteiger partial charge in [-0.15, -0.1) is 0 Å². The van der Waals surface area contributed by atoms with Crippen LogP contribution >= 0.6 is 0 Å². The molecule has 7 rings (SSSR count). The van der Waals surface area contributed by atoms with E-state index in [4.69, 9.17) is 37.9 Å². The molecule has 16 heteroatoms. The van der Waals surface area contributed by atoms with E-state index >= 15 is 0 Å². The van der Waals surface area contributed by atoms with Gasteiger partial charge in [0.05, 0.1) is 23.0 Å². The minimum absolute atomic E-state index is 0.141. The molecule has 7 aliphatic rings. The Morgan fingerprint density at radius 1 is 0.357 bits per heavy atom. The third-order valence-electron chi connectivity index (χ3n) is 10.5. The van der Waals surface area contributed by atoms with E-state index < -0.39 is 82.0 Å². The summed E-state index contributed by atoms with van der Waals surface area (Å²) in [5.74, 6) is -12.8. The minimum Gasteiger partial charge on any atom is -0.574 e. The molecule has 4 heterocycles. The largest absolute Gasteiger partial charge is 0.574 e. The highest BCUT2D eigenvalue weighted by atomic mass is 16.8. The lowest BCUT2D eigenvalue weighted by molar-refractivity contribution is -0.422. The van der Waals surface area contributed by atoms with Crippen molar-refractivity contribution >= 4 is 35.8 Å². The van der Waals surface area contributed by atoms with Crippen molar-refractivity contribution in [1.29, 1.82) is 0 Å². The summed E-state index contributed by atoms with van der Waals surface area (Å²) >= 11 is 0. The van der Waals surface area contributed by atoms with Crippen LogP contribution in [-0.2, 0) is 66.7 Å². The van der Waals surface area contributed by atoms with Gasteiger partial charge < -0.3 is 48.1 Å². The maximum Gasteiger partial charge on any atom is 0.348 e. The molecule has 0 amide bonds. The van der Waals surface area contributed by atoms with Crippen LogP contribution in [0.3, 0.4) is 0 Å². The Hall–Kier alpha value is -6.06. The Labute approximate surface area is 320 Å². The number of carbonyl (C=O) groups is 6. The molecule has 296 valence electrons. The maximum atomic E-state index is 12.9. The number of hydrogen-bond donors (Lipinski definition) is 0. The fraction of sp³-hybridized carbons (Fsp3) is 0.450. The standard InChI is InChI=1S/C40H40O16/c41-29-25(30(42)50-37(49-29)17-9-3-10-18-37)13-5-1-7-15-27-33(45)53-39(54-34(27)46)21-23-40(24-22-39)55-35(47)28(36(48)56-40)16-8-2-6-14-26-31(43)51-38(52-32(26)44)19-11-4-12-20-38/h1-2,5-8,13-16,45,47H,3-4,9-12,17-24H2/p-2/b5-1+,6-2?,15-7+,16-8?. The van der Waals surface area contributed by atoms with Gasteiger partial charge in [-0.3, -0.25) is 0 Å². The smallest absolute Gasteiger partial charge is 0.348 e. The first-order chi connectivity index (χ1) is 26.8. The SMILES string of the molecule is O=C1OC2(CCCCC2)OC(=O)C1=CC=CC=CC1=C([O-])OC2(CCC3(CC2)OC(=O)C(/C=C/C=C/C=C2C(=O)OC4(CCCCC4)OC2=O)=C([O-])O3)OC1=O. The maximum absolute atomic E-state index is 12.9. The van der Waals surface area contributed by atoms with E-state index in [0.717, 1.165) is 50.7 Å².